The molecule has 3 rings (SSSR count). The molecule has 0 bridgehead atoms. The van der Waals surface area contributed by atoms with E-state index in [1.54, 1.807) is 0 Å². The van der Waals surface area contributed by atoms with Gasteiger partial charge in [-0.1, -0.05) is 36.4 Å². The number of anilines is 1. The number of nitrogens with zero attached hydrogens (tertiary/aromatic N) is 4. The van der Waals surface area contributed by atoms with Crippen LogP contribution < -0.4 is 5.32 Å². The molecule has 26 heavy (non-hydrogen) atoms. The monoisotopic (exact) mass is 370 g/mol. The van der Waals surface area contributed by atoms with Crippen LogP contribution in [0.2, 0.25) is 0 Å². The summed E-state index contributed by atoms with van der Waals surface area (Å²) in [5.41, 5.74) is 4.60. The highest BCUT2D eigenvalue weighted by atomic mass is 32.2. The third kappa shape index (κ3) is 3.96. The van der Waals surface area contributed by atoms with E-state index in [0.717, 1.165) is 35.0 Å². The number of hydrogen-bond donors (Lipinski definition) is 2. The molecule has 1 aromatic carbocycles. The van der Waals surface area contributed by atoms with Crippen molar-refractivity contribution in [2.75, 3.05) is 11.1 Å². The van der Waals surface area contributed by atoms with Gasteiger partial charge in [0.1, 0.15) is 5.82 Å². The maximum absolute atomic E-state index is 12.3. The van der Waals surface area contributed by atoms with Gasteiger partial charge < -0.3 is 5.32 Å². The topological polar surface area (TPSA) is 88.5 Å². The average Bonchev–Trinajstić information content (AvgIpc) is 3.20. The number of hydrogen-bond acceptors (Lipinski definition) is 5. The first-order chi connectivity index (χ1) is 12.5. The first-order valence-electron chi connectivity index (χ1n) is 8.45. The normalized spacial score (nSPS) is 10.9. The van der Waals surface area contributed by atoms with E-state index in [0.29, 0.717) is 5.16 Å². The molecule has 0 aliphatic carbocycles. The number of thioether (sulfide) groups is 1. The second-order valence-electron chi connectivity index (χ2n) is 6.05. The van der Waals surface area contributed by atoms with Gasteiger partial charge in [-0.3, -0.25) is 9.89 Å². The fourth-order valence-corrected chi connectivity index (χ4v) is 3.18. The Balaban J connectivity index is 1.69. The highest BCUT2D eigenvalue weighted by Crippen LogP contribution is 2.23. The predicted molar refractivity (Wildman–Crippen MR) is 103 cm³/mol. The number of aromatic nitrogens is 5. The van der Waals surface area contributed by atoms with E-state index in [1.165, 1.54) is 17.3 Å². The molecule has 0 radical (unpaired) electrons. The number of H-pyrrole nitrogens is 1. The minimum absolute atomic E-state index is 0.104. The first-order valence-corrected chi connectivity index (χ1v) is 9.43. The predicted octanol–water partition coefficient (Wildman–Crippen LogP) is 3.21. The Kier molecular flexibility index (Phi) is 5.41. The highest BCUT2D eigenvalue weighted by Gasteiger charge is 2.16. The van der Waals surface area contributed by atoms with Gasteiger partial charge in [-0.25, -0.2) is 9.67 Å². The Morgan fingerprint density at radius 1 is 1.23 bits per heavy atom. The Hall–Kier alpha value is -2.61. The van der Waals surface area contributed by atoms with Gasteiger partial charge in [0.25, 0.3) is 0 Å². The summed E-state index contributed by atoms with van der Waals surface area (Å²) in [6, 6.07) is 8.12. The van der Waals surface area contributed by atoms with E-state index >= 15 is 0 Å². The fraction of sp³-hybridized carbons (Fsp3) is 0.333. The van der Waals surface area contributed by atoms with Crippen molar-refractivity contribution in [3.05, 3.63) is 47.0 Å². The van der Waals surface area contributed by atoms with Crippen LogP contribution in [0.15, 0.2) is 29.4 Å². The van der Waals surface area contributed by atoms with Crippen LogP contribution >= 0.6 is 11.8 Å². The molecule has 3 aromatic rings. The smallest absolute Gasteiger partial charge is 0.234 e. The van der Waals surface area contributed by atoms with E-state index in [1.807, 2.05) is 56.6 Å². The molecule has 136 valence electrons. The van der Waals surface area contributed by atoms with Gasteiger partial charge in [0, 0.05) is 6.42 Å². The molecule has 0 spiro atoms. The maximum Gasteiger partial charge on any atom is 0.234 e. The van der Waals surface area contributed by atoms with Crippen LogP contribution in [0.25, 0.3) is 5.69 Å². The summed E-state index contributed by atoms with van der Waals surface area (Å²) >= 11 is 1.31. The zero-order chi connectivity index (χ0) is 18.7. The zero-order valence-electron chi connectivity index (χ0n) is 15.3. The summed E-state index contributed by atoms with van der Waals surface area (Å²) in [4.78, 5) is 16.6. The zero-order valence-corrected chi connectivity index (χ0v) is 16.1. The number of carbonyl (C=O) groups excluding carboxylic acids is 1. The molecule has 2 aromatic heterocycles. The van der Waals surface area contributed by atoms with Crippen molar-refractivity contribution >= 4 is 23.4 Å². The van der Waals surface area contributed by atoms with Gasteiger partial charge in [0.15, 0.2) is 0 Å². The number of nitrogens with one attached hydrogen (secondary N) is 2. The largest absolute Gasteiger partial charge is 0.322 e. The number of rotatable bonds is 6. The molecule has 7 nitrogen and oxygen atoms in total. The van der Waals surface area contributed by atoms with E-state index in [-0.39, 0.29) is 11.7 Å². The Labute approximate surface area is 156 Å². The van der Waals surface area contributed by atoms with E-state index < -0.39 is 0 Å². The quantitative estimate of drug-likeness (QED) is 0.651. The van der Waals surface area contributed by atoms with Gasteiger partial charge in [-0.05, 0) is 32.9 Å². The van der Waals surface area contributed by atoms with Crippen molar-refractivity contribution in [1.29, 1.82) is 0 Å². The van der Waals surface area contributed by atoms with Crippen LogP contribution in [0, 0.1) is 20.8 Å². The second-order valence-corrected chi connectivity index (χ2v) is 6.99. The molecule has 1 amide bonds. The SMILES string of the molecule is CCc1nc(SCC(=O)Nc2c(C)nn(-c3ccc(C)cc3)c2C)n[nH]1. The van der Waals surface area contributed by atoms with Crippen molar-refractivity contribution in [2.24, 2.45) is 0 Å². The summed E-state index contributed by atoms with van der Waals surface area (Å²) in [6.07, 6.45) is 0.788. The molecular weight excluding hydrogens is 348 g/mol. The highest BCUT2D eigenvalue weighted by molar-refractivity contribution is 7.99. The molecule has 0 atom stereocenters. The lowest BCUT2D eigenvalue weighted by molar-refractivity contribution is -0.113. The third-order valence-corrected chi connectivity index (χ3v) is 4.86. The molecule has 2 N–H and O–H groups in total. The standard InChI is InChI=1S/C18H22N6OS/c1-5-15-19-18(22-21-15)26-10-16(25)20-17-12(3)23-24(13(17)4)14-8-6-11(2)7-9-14/h6-9H,5,10H2,1-4H3,(H,20,25)(H,19,21,22). The van der Waals surface area contributed by atoms with Crippen LogP contribution in [0.3, 0.4) is 0 Å². The lowest BCUT2D eigenvalue weighted by Gasteiger charge is -2.07. The number of aromatic amines is 1. The summed E-state index contributed by atoms with van der Waals surface area (Å²) in [7, 11) is 0. The maximum atomic E-state index is 12.3. The van der Waals surface area contributed by atoms with Crippen LogP contribution in [0.5, 0.6) is 0 Å². The number of carbonyl (C=O) groups is 1. The molecule has 2 heterocycles. The van der Waals surface area contributed by atoms with Gasteiger partial charge in [0.05, 0.1) is 28.5 Å². The van der Waals surface area contributed by atoms with Crippen molar-refractivity contribution in [2.45, 2.75) is 39.3 Å². The third-order valence-electron chi connectivity index (χ3n) is 4.01. The molecule has 0 aliphatic heterocycles. The van der Waals surface area contributed by atoms with Gasteiger partial charge in [0.2, 0.25) is 11.1 Å². The minimum atomic E-state index is -0.104. The molecule has 8 heteroatoms. The Bertz CT molecular complexity index is 912. The number of benzene rings is 1. The van der Waals surface area contributed by atoms with Crippen molar-refractivity contribution < 1.29 is 4.79 Å². The van der Waals surface area contributed by atoms with Crippen LogP contribution in [-0.2, 0) is 11.2 Å². The first kappa shape index (κ1) is 18.2. The van der Waals surface area contributed by atoms with Crippen LogP contribution in [0.4, 0.5) is 5.69 Å². The summed E-state index contributed by atoms with van der Waals surface area (Å²) in [5.74, 6) is 0.960. The number of aryl methyl sites for hydroxylation is 3. The molecule has 0 saturated carbocycles. The van der Waals surface area contributed by atoms with Crippen LogP contribution in [-0.4, -0.2) is 36.6 Å². The molecule has 0 aliphatic rings. The van der Waals surface area contributed by atoms with E-state index in [9.17, 15) is 4.79 Å². The summed E-state index contributed by atoms with van der Waals surface area (Å²) in [5, 5.41) is 15.0. The van der Waals surface area contributed by atoms with E-state index in [4.69, 9.17) is 0 Å². The lowest BCUT2D eigenvalue weighted by Crippen LogP contribution is -2.15. The molecule has 0 fully saturated rings. The second kappa shape index (κ2) is 7.74. The Morgan fingerprint density at radius 3 is 2.62 bits per heavy atom. The van der Waals surface area contributed by atoms with Crippen molar-refractivity contribution in [3.63, 3.8) is 0 Å². The van der Waals surface area contributed by atoms with Crippen molar-refractivity contribution in [3.8, 4) is 5.69 Å². The van der Waals surface area contributed by atoms with Gasteiger partial charge >= 0.3 is 0 Å². The van der Waals surface area contributed by atoms with Crippen LogP contribution in [0.1, 0.15) is 29.7 Å². The Morgan fingerprint density at radius 2 is 1.96 bits per heavy atom. The lowest BCUT2D eigenvalue weighted by atomic mass is 10.2. The van der Waals surface area contributed by atoms with Gasteiger partial charge in [-0.15, -0.1) is 5.10 Å². The average molecular weight is 370 g/mol. The summed E-state index contributed by atoms with van der Waals surface area (Å²) in [6.45, 7) is 7.89. The fourth-order valence-electron chi connectivity index (χ4n) is 2.57. The minimum Gasteiger partial charge on any atom is -0.322 e. The molecule has 0 saturated heterocycles. The van der Waals surface area contributed by atoms with E-state index in [2.05, 4.69) is 25.6 Å². The molecule has 0 unspecified atom stereocenters. The van der Waals surface area contributed by atoms with Gasteiger partial charge in [-0.2, -0.15) is 5.10 Å². The number of amides is 1. The van der Waals surface area contributed by atoms with Crippen molar-refractivity contribution in [1.82, 2.24) is 25.0 Å². The molecular formula is C18H22N6OS. The summed E-state index contributed by atoms with van der Waals surface area (Å²) < 4.78 is 1.85.